The van der Waals surface area contributed by atoms with Crippen molar-refractivity contribution >= 4 is 12.2 Å². The predicted molar refractivity (Wildman–Crippen MR) is 69.0 cm³/mol. The number of aromatic amines is 1. The third-order valence-corrected chi connectivity index (χ3v) is 3.30. The van der Waals surface area contributed by atoms with Gasteiger partial charge in [-0.1, -0.05) is 23.8 Å². The van der Waals surface area contributed by atoms with E-state index in [1.165, 1.54) is 6.07 Å². The van der Waals surface area contributed by atoms with Gasteiger partial charge in [-0.05, 0) is 44.0 Å². The van der Waals surface area contributed by atoms with Gasteiger partial charge >= 0.3 is 0 Å². The van der Waals surface area contributed by atoms with Crippen molar-refractivity contribution in [3.63, 3.8) is 0 Å². The highest BCUT2D eigenvalue weighted by atomic mass is 32.1. The van der Waals surface area contributed by atoms with E-state index in [0.717, 1.165) is 16.7 Å². The van der Waals surface area contributed by atoms with Crippen LogP contribution in [0, 0.1) is 31.2 Å². The summed E-state index contributed by atoms with van der Waals surface area (Å²) in [7, 11) is 0. The van der Waals surface area contributed by atoms with E-state index in [1.54, 1.807) is 12.1 Å². The van der Waals surface area contributed by atoms with Crippen LogP contribution in [-0.4, -0.2) is 10.2 Å². The standard InChI is InChI=1S/C13H13FN2S/c1-7-4-5-11(14)10(6-7)12-8(2)9(3)13(17)16-15-12/h4-6H,1-3H3,(H,16,17). The van der Waals surface area contributed by atoms with Gasteiger partial charge in [0.15, 0.2) is 0 Å². The Morgan fingerprint density at radius 3 is 2.59 bits per heavy atom. The second kappa shape index (κ2) is 4.37. The third-order valence-electron chi connectivity index (χ3n) is 2.90. The first-order valence-electron chi connectivity index (χ1n) is 5.33. The molecule has 4 heteroatoms. The van der Waals surface area contributed by atoms with E-state index < -0.39 is 0 Å². The van der Waals surface area contributed by atoms with Crippen molar-refractivity contribution in [2.45, 2.75) is 20.8 Å². The maximum Gasteiger partial charge on any atom is 0.132 e. The topological polar surface area (TPSA) is 28.7 Å². The minimum atomic E-state index is -0.267. The average Bonchev–Trinajstić information content (AvgIpc) is 2.30. The summed E-state index contributed by atoms with van der Waals surface area (Å²) in [6, 6.07) is 5.00. The first kappa shape index (κ1) is 11.9. The molecule has 0 atom stereocenters. The Hall–Kier alpha value is -1.55. The molecule has 0 saturated carbocycles. The van der Waals surface area contributed by atoms with Gasteiger partial charge < -0.3 is 0 Å². The van der Waals surface area contributed by atoms with Crippen LogP contribution in [0.2, 0.25) is 0 Å². The lowest BCUT2D eigenvalue weighted by molar-refractivity contribution is 0.629. The molecule has 1 heterocycles. The summed E-state index contributed by atoms with van der Waals surface area (Å²) in [5.41, 5.74) is 3.99. The molecule has 1 aromatic heterocycles. The van der Waals surface area contributed by atoms with Crippen LogP contribution in [0.4, 0.5) is 4.39 Å². The van der Waals surface area contributed by atoms with Crippen molar-refractivity contribution in [3.05, 3.63) is 45.3 Å². The Balaban J connectivity index is 2.73. The van der Waals surface area contributed by atoms with Crippen molar-refractivity contribution < 1.29 is 4.39 Å². The highest BCUT2D eigenvalue weighted by Gasteiger charge is 2.11. The van der Waals surface area contributed by atoms with Crippen LogP contribution in [0.15, 0.2) is 18.2 Å². The lowest BCUT2D eigenvalue weighted by Gasteiger charge is -2.09. The lowest BCUT2D eigenvalue weighted by Crippen LogP contribution is -1.98. The number of hydrogen-bond acceptors (Lipinski definition) is 2. The molecule has 0 spiro atoms. The normalized spacial score (nSPS) is 10.6. The molecule has 0 radical (unpaired) electrons. The molecule has 0 aliphatic carbocycles. The summed E-state index contributed by atoms with van der Waals surface area (Å²) in [6.45, 7) is 5.74. The van der Waals surface area contributed by atoms with E-state index in [4.69, 9.17) is 12.2 Å². The molecule has 0 unspecified atom stereocenters. The monoisotopic (exact) mass is 248 g/mol. The van der Waals surface area contributed by atoms with Gasteiger partial charge in [-0.2, -0.15) is 5.10 Å². The number of nitrogens with one attached hydrogen (secondary N) is 1. The largest absolute Gasteiger partial charge is 0.267 e. The van der Waals surface area contributed by atoms with Gasteiger partial charge in [-0.25, -0.2) is 4.39 Å². The average molecular weight is 248 g/mol. The number of benzene rings is 1. The fourth-order valence-corrected chi connectivity index (χ4v) is 1.90. The zero-order valence-electron chi connectivity index (χ0n) is 9.97. The van der Waals surface area contributed by atoms with Gasteiger partial charge in [0, 0.05) is 5.56 Å². The van der Waals surface area contributed by atoms with E-state index in [9.17, 15) is 4.39 Å². The molecule has 1 aromatic carbocycles. The predicted octanol–water partition coefficient (Wildman–Crippen LogP) is 3.87. The van der Waals surface area contributed by atoms with Crippen LogP contribution in [0.1, 0.15) is 16.7 Å². The number of halogens is 1. The Kier molecular flexibility index (Phi) is 3.07. The summed E-state index contributed by atoms with van der Waals surface area (Å²) in [5, 5.41) is 6.89. The Bertz CT molecular complexity index is 632. The highest BCUT2D eigenvalue weighted by Crippen LogP contribution is 2.26. The van der Waals surface area contributed by atoms with Gasteiger partial charge in [-0.15, -0.1) is 0 Å². The molecule has 2 nitrogen and oxygen atoms in total. The van der Waals surface area contributed by atoms with Crippen LogP contribution >= 0.6 is 12.2 Å². The maximum absolute atomic E-state index is 13.8. The first-order valence-corrected chi connectivity index (χ1v) is 5.74. The van der Waals surface area contributed by atoms with Crippen LogP contribution < -0.4 is 0 Å². The quantitative estimate of drug-likeness (QED) is 0.776. The number of rotatable bonds is 1. The SMILES string of the molecule is Cc1ccc(F)c(-c2n[nH]c(=S)c(C)c2C)c1. The summed E-state index contributed by atoms with van der Waals surface area (Å²) >= 11 is 5.10. The van der Waals surface area contributed by atoms with E-state index in [0.29, 0.717) is 15.9 Å². The lowest BCUT2D eigenvalue weighted by atomic mass is 10.0. The van der Waals surface area contributed by atoms with Crippen molar-refractivity contribution in [3.8, 4) is 11.3 Å². The van der Waals surface area contributed by atoms with E-state index in [-0.39, 0.29) is 5.82 Å². The smallest absolute Gasteiger partial charge is 0.132 e. The minimum absolute atomic E-state index is 0.267. The summed E-state index contributed by atoms with van der Waals surface area (Å²) in [5.74, 6) is -0.267. The van der Waals surface area contributed by atoms with Crippen LogP contribution in [0.5, 0.6) is 0 Å². The molecule has 88 valence electrons. The fourth-order valence-electron chi connectivity index (χ4n) is 1.71. The van der Waals surface area contributed by atoms with E-state index in [2.05, 4.69) is 10.2 Å². The molecular formula is C13H13FN2S. The zero-order valence-corrected chi connectivity index (χ0v) is 10.8. The van der Waals surface area contributed by atoms with Gasteiger partial charge in [0.1, 0.15) is 10.5 Å². The molecule has 0 amide bonds. The van der Waals surface area contributed by atoms with Gasteiger partial charge in [-0.3, -0.25) is 5.10 Å². The Morgan fingerprint density at radius 1 is 1.18 bits per heavy atom. The van der Waals surface area contributed by atoms with Crippen molar-refractivity contribution in [2.75, 3.05) is 0 Å². The number of aryl methyl sites for hydroxylation is 1. The maximum atomic E-state index is 13.8. The summed E-state index contributed by atoms with van der Waals surface area (Å²) in [6.07, 6.45) is 0. The molecule has 17 heavy (non-hydrogen) atoms. The molecule has 2 aromatic rings. The first-order chi connectivity index (χ1) is 8.00. The number of hydrogen-bond donors (Lipinski definition) is 1. The molecule has 2 rings (SSSR count). The van der Waals surface area contributed by atoms with Crippen LogP contribution in [0.25, 0.3) is 11.3 Å². The molecule has 0 fully saturated rings. The van der Waals surface area contributed by atoms with Gasteiger partial charge in [0.2, 0.25) is 0 Å². The highest BCUT2D eigenvalue weighted by molar-refractivity contribution is 7.71. The Labute approximate surface area is 105 Å². The number of H-pyrrole nitrogens is 1. The fraction of sp³-hybridized carbons (Fsp3) is 0.231. The number of aromatic nitrogens is 2. The van der Waals surface area contributed by atoms with Crippen LogP contribution in [-0.2, 0) is 0 Å². The summed E-state index contributed by atoms with van der Waals surface area (Å²) in [4.78, 5) is 0. The molecule has 1 N–H and O–H groups in total. The Morgan fingerprint density at radius 2 is 1.88 bits per heavy atom. The molecular weight excluding hydrogens is 235 g/mol. The minimum Gasteiger partial charge on any atom is -0.267 e. The van der Waals surface area contributed by atoms with Gasteiger partial charge in [0.25, 0.3) is 0 Å². The van der Waals surface area contributed by atoms with Crippen LogP contribution in [0.3, 0.4) is 0 Å². The van der Waals surface area contributed by atoms with Crippen molar-refractivity contribution in [1.29, 1.82) is 0 Å². The second-order valence-corrected chi connectivity index (χ2v) is 4.54. The molecule has 0 bridgehead atoms. The number of nitrogens with zero attached hydrogens (tertiary/aromatic N) is 1. The molecule has 0 saturated heterocycles. The van der Waals surface area contributed by atoms with Crippen molar-refractivity contribution in [1.82, 2.24) is 10.2 Å². The third kappa shape index (κ3) is 2.13. The second-order valence-electron chi connectivity index (χ2n) is 4.13. The van der Waals surface area contributed by atoms with E-state index in [1.807, 2.05) is 20.8 Å². The zero-order chi connectivity index (χ0) is 12.6. The van der Waals surface area contributed by atoms with E-state index >= 15 is 0 Å². The van der Waals surface area contributed by atoms with Crippen molar-refractivity contribution in [2.24, 2.45) is 0 Å². The summed E-state index contributed by atoms with van der Waals surface area (Å²) < 4.78 is 14.4. The molecule has 0 aliphatic heterocycles. The molecule has 0 aliphatic rings. The van der Waals surface area contributed by atoms with Gasteiger partial charge in [0.05, 0.1) is 5.69 Å².